The number of hydrogen-bond donors (Lipinski definition) is 0. The first-order valence-corrected chi connectivity index (χ1v) is 4.82. The molecule has 0 rings (SSSR count). The van der Waals surface area contributed by atoms with Gasteiger partial charge in [-0.05, 0) is 6.92 Å². The Bertz CT molecular complexity index is 79.8. The van der Waals surface area contributed by atoms with E-state index in [1.807, 2.05) is 0 Å². The topological polar surface area (TPSA) is 40.1 Å². The fourth-order valence-electron chi connectivity index (χ4n) is 0.854. The largest absolute Gasteiger partial charge is 0.550 e. The minimum Gasteiger partial charge on any atom is -0.550 e. The van der Waals surface area contributed by atoms with E-state index in [0.717, 1.165) is 6.92 Å². The molecule has 0 unspecified atom stereocenters. The van der Waals surface area contributed by atoms with Crippen molar-refractivity contribution >= 4 is 5.97 Å². The number of carbonyl (C=O) groups excluding carboxylic acids is 1. The second-order valence-corrected chi connectivity index (χ2v) is 2.91. The van der Waals surface area contributed by atoms with Crippen LogP contribution in [0.2, 0.25) is 0 Å². The molecule has 0 amide bonds. The zero-order valence-corrected chi connectivity index (χ0v) is 8.56. The molecular formula is C10H21O2-. The molecule has 0 N–H and O–H groups in total. The van der Waals surface area contributed by atoms with Crippen molar-refractivity contribution in [1.82, 2.24) is 0 Å². The molecule has 2 heteroatoms. The lowest BCUT2D eigenvalue weighted by molar-refractivity contribution is -0.302. The van der Waals surface area contributed by atoms with E-state index in [2.05, 4.69) is 13.8 Å². The minimum absolute atomic E-state index is 0.972. The number of aliphatic carboxylic acids is 1. The summed E-state index contributed by atoms with van der Waals surface area (Å²) in [5.74, 6) is -1.08. The van der Waals surface area contributed by atoms with Crippen LogP contribution < -0.4 is 5.11 Å². The summed E-state index contributed by atoms with van der Waals surface area (Å²) >= 11 is 0. The van der Waals surface area contributed by atoms with Crippen molar-refractivity contribution in [3.8, 4) is 0 Å². The molecule has 0 saturated heterocycles. The zero-order chi connectivity index (χ0) is 9.82. The Hall–Kier alpha value is -0.530. The first-order valence-electron chi connectivity index (χ1n) is 4.82. The van der Waals surface area contributed by atoms with Crippen LogP contribution in [0.25, 0.3) is 0 Å². The van der Waals surface area contributed by atoms with Crippen LogP contribution in [0.1, 0.15) is 59.3 Å². The standard InChI is InChI=1S/C8H18.C2H4O2/c1-3-5-7-8-6-4-2;1-2(3)4/h3-8H2,1-2H3;1H3,(H,3,4)/p-1. The van der Waals surface area contributed by atoms with Crippen molar-refractivity contribution in [3.05, 3.63) is 0 Å². The lowest BCUT2D eigenvalue weighted by Crippen LogP contribution is -2.16. The molecule has 0 heterocycles. The van der Waals surface area contributed by atoms with Crippen molar-refractivity contribution in [3.63, 3.8) is 0 Å². The Morgan fingerprint density at radius 3 is 1.42 bits per heavy atom. The smallest absolute Gasteiger partial charge is 0.0383 e. The lowest BCUT2D eigenvalue weighted by atomic mass is 10.1. The zero-order valence-electron chi connectivity index (χ0n) is 8.56. The maximum atomic E-state index is 8.89. The summed E-state index contributed by atoms with van der Waals surface area (Å²) in [4.78, 5) is 8.89. The first-order chi connectivity index (χ1) is 5.65. The molecular weight excluding hydrogens is 152 g/mol. The Morgan fingerprint density at radius 1 is 1.00 bits per heavy atom. The Kier molecular flexibility index (Phi) is 15.3. The molecule has 0 spiro atoms. The monoisotopic (exact) mass is 173 g/mol. The van der Waals surface area contributed by atoms with E-state index in [1.54, 1.807) is 0 Å². The SMILES string of the molecule is CC(=O)[O-].CCCCCCCC. The summed E-state index contributed by atoms with van der Waals surface area (Å²) < 4.78 is 0. The molecule has 0 atom stereocenters. The predicted octanol–water partition coefficient (Wildman–Crippen LogP) is 2.12. The van der Waals surface area contributed by atoms with Crippen molar-refractivity contribution in [2.24, 2.45) is 0 Å². The van der Waals surface area contributed by atoms with Gasteiger partial charge in [0.05, 0.1) is 0 Å². The van der Waals surface area contributed by atoms with Crippen LogP contribution >= 0.6 is 0 Å². The molecule has 0 aromatic rings. The number of unbranched alkanes of at least 4 members (excludes halogenated alkanes) is 5. The number of hydrogen-bond acceptors (Lipinski definition) is 2. The van der Waals surface area contributed by atoms with Gasteiger partial charge >= 0.3 is 0 Å². The van der Waals surface area contributed by atoms with Crippen LogP contribution in [0.3, 0.4) is 0 Å². The molecule has 0 aromatic carbocycles. The van der Waals surface area contributed by atoms with Crippen molar-refractivity contribution < 1.29 is 9.90 Å². The minimum atomic E-state index is -1.08. The number of carboxylic acids is 1. The average Bonchev–Trinajstić information content (AvgIpc) is 1.97. The summed E-state index contributed by atoms with van der Waals surface area (Å²) in [5.41, 5.74) is 0. The molecule has 0 radical (unpaired) electrons. The fourth-order valence-corrected chi connectivity index (χ4v) is 0.854. The molecule has 2 nitrogen and oxygen atoms in total. The Balaban J connectivity index is 0. The van der Waals surface area contributed by atoms with E-state index in [0.29, 0.717) is 0 Å². The van der Waals surface area contributed by atoms with Crippen LogP contribution in [-0.2, 0) is 4.79 Å². The quantitative estimate of drug-likeness (QED) is 0.597. The third-order valence-corrected chi connectivity index (χ3v) is 1.46. The molecule has 0 bridgehead atoms. The molecule has 0 aliphatic carbocycles. The van der Waals surface area contributed by atoms with E-state index in [-0.39, 0.29) is 0 Å². The highest BCUT2D eigenvalue weighted by Crippen LogP contribution is 2.03. The van der Waals surface area contributed by atoms with E-state index in [1.165, 1.54) is 38.5 Å². The van der Waals surface area contributed by atoms with E-state index < -0.39 is 5.97 Å². The maximum Gasteiger partial charge on any atom is 0.0383 e. The van der Waals surface area contributed by atoms with Crippen LogP contribution in [-0.4, -0.2) is 5.97 Å². The van der Waals surface area contributed by atoms with Gasteiger partial charge in [0.25, 0.3) is 0 Å². The van der Waals surface area contributed by atoms with E-state index >= 15 is 0 Å². The second kappa shape index (κ2) is 13.1. The summed E-state index contributed by atoms with van der Waals surface area (Å²) in [7, 11) is 0. The number of carboxylic acid groups (broad SMARTS) is 1. The van der Waals surface area contributed by atoms with Crippen molar-refractivity contribution in [1.29, 1.82) is 0 Å². The van der Waals surface area contributed by atoms with Gasteiger partial charge in [0.15, 0.2) is 0 Å². The summed E-state index contributed by atoms with van der Waals surface area (Å²) in [5, 5.41) is 8.89. The summed E-state index contributed by atoms with van der Waals surface area (Å²) in [6.45, 7) is 5.48. The Labute approximate surface area is 76.0 Å². The molecule has 0 aliphatic heterocycles. The molecule has 0 fully saturated rings. The van der Waals surface area contributed by atoms with Gasteiger partial charge in [-0.25, -0.2) is 0 Å². The maximum absolute atomic E-state index is 8.89. The highest BCUT2D eigenvalue weighted by atomic mass is 16.4. The van der Waals surface area contributed by atoms with Crippen molar-refractivity contribution in [2.75, 3.05) is 0 Å². The van der Waals surface area contributed by atoms with Crippen LogP contribution in [0.5, 0.6) is 0 Å². The van der Waals surface area contributed by atoms with Gasteiger partial charge in [-0.3, -0.25) is 0 Å². The first kappa shape index (κ1) is 14.0. The molecule has 12 heavy (non-hydrogen) atoms. The Morgan fingerprint density at radius 2 is 1.25 bits per heavy atom. The predicted molar refractivity (Wildman–Crippen MR) is 49.7 cm³/mol. The molecule has 0 aromatic heterocycles. The highest BCUT2D eigenvalue weighted by Gasteiger charge is 1.83. The third-order valence-electron chi connectivity index (χ3n) is 1.46. The van der Waals surface area contributed by atoms with E-state index in [9.17, 15) is 0 Å². The average molecular weight is 173 g/mol. The lowest BCUT2D eigenvalue weighted by Gasteiger charge is -1.93. The summed E-state index contributed by atoms with van der Waals surface area (Å²) in [6, 6.07) is 0. The normalized spacial score (nSPS) is 8.58. The molecule has 0 saturated carbocycles. The van der Waals surface area contributed by atoms with Gasteiger partial charge < -0.3 is 9.90 Å². The van der Waals surface area contributed by atoms with Crippen molar-refractivity contribution in [2.45, 2.75) is 59.3 Å². The summed E-state index contributed by atoms with van der Waals surface area (Å²) in [6.07, 6.45) is 8.49. The van der Waals surface area contributed by atoms with Gasteiger partial charge in [0, 0.05) is 5.97 Å². The molecule has 74 valence electrons. The van der Waals surface area contributed by atoms with Crippen LogP contribution in [0.4, 0.5) is 0 Å². The van der Waals surface area contributed by atoms with Crippen LogP contribution in [0.15, 0.2) is 0 Å². The molecule has 0 aliphatic rings. The van der Waals surface area contributed by atoms with Crippen LogP contribution in [0, 0.1) is 0 Å². The van der Waals surface area contributed by atoms with E-state index in [4.69, 9.17) is 9.90 Å². The van der Waals surface area contributed by atoms with Gasteiger partial charge in [-0.15, -0.1) is 0 Å². The highest BCUT2D eigenvalue weighted by molar-refractivity contribution is 5.60. The van der Waals surface area contributed by atoms with Gasteiger partial charge in [-0.1, -0.05) is 52.4 Å². The van der Waals surface area contributed by atoms with Gasteiger partial charge in [-0.2, -0.15) is 0 Å². The fraction of sp³-hybridized carbons (Fsp3) is 0.900. The second-order valence-electron chi connectivity index (χ2n) is 2.91. The number of carbonyl (C=O) groups is 1. The van der Waals surface area contributed by atoms with Gasteiger partial charge in [0.1, 0.15) is 0 Å². The van der Waals surface area contributed by atoms with Gasteiger partial charge in [0.2, 0.25) is 0 Å². The third kappa shape index (κ3) is 34.0. The number of rotatable bonds is 5.